The first kappa shape index (κ1) is 16.4. The molecule has 0 saturated heterocycles. The van der Waals surface area contributed by atoms with Gasteiger partial charge in [0, 0.05) is 10.4 Å². The molecular weight excluding hydrogens is 308 g/mol. The topological polar surface area (TPSA) is 38.3 Å². The number of halogens is 2. The van der Waals surface area contributed by atoms with Gasteiger partial charge in [0.15, 0.2) is 0 Å². The van der Waals surface area contributed by atoms with E-state index in [-0.39, 0.29) is 23.6 Å². The molecule has 0 bridgehead atoms. The van der Waals surface area contributed by atoms with Crippen LogP contribution in [0.1, 0.15) is 35.1 Å². The van der Waals surface area contributed by atoms with Gasteiger partial charge in [-0.3, -0.25) is 4.79 Å². The van der Waals surface area contributed by atoms with Gasteiger partial charge in [-0.05, 0) is 35.6 Å². The minimum atomic E-state index is -2.91. The lowest BCUT2D eigenvalue weighted by Gasteiger charge is -2.21. The van der Waals surface area contributed by atoms with Gasteiger partial charge in [-0.15, -0.1) is 11.3 Å². The summed E-state index contributed by atoms with van der Waals surface area (Å²) in [6, 6.07) is 9.56. The van der Waals surface area contributed by atoms with Gasteiger partial charge >= 0.3 is 6.61 Å². The zero-order valence-corrected chi connectivity index (χ0v) is 13.1. The zero-order chi connectivity index (χ0) is 16.1. The van der Waals surface area contributed by atoms with Crippen molar-refractivity contribution in [1.82, 2.24) is 5.32 Å². The Labute approximate surface area is 131 Å². The monoisotopic (exact) mass is 325 g/mol. The Morgan fingerprint density at radius 3 is 2.59 bits per heavy atom. The Balaban J connectivity index is 2.13. The number of thiophene rings is 1. The Morgan fingerprint density at radius 1 is 1.23 bits per heavy atom. The summed E-state index contributed by atoms with van der Waals surface area (Å²) < 4.78 is 28.8. The van der Waals surface area contributed by atoms with E-state index in [0.717, 1.165) is 4.88 Å². The first-order chi connectivity index (χ1) is 10.5. The summed E-state index contributed by atoms with van der Waals surface area (Å²) in [6.45, 7) is 1.12. The first-order valence-electron chi connectivity index (χ1n) is 6.86. The van der Waals surface area contributed by atoms with Crippen molar-refractivity contribution in [3.8, 4) is 5.75 Å². The first-order valence-corrected chi connectivity index (χ1v) is 7.74. The van der Waals surface area contributed by atoms with Crippen LogP contribution in [-0.4, -0.2) is 12.5 Å². The molecule has 1 heterocycles. The molecule has 0 saturated carbocycles. The van der Waals surface area contributed by atoms with Crippen LogP contribution in [0.25, 0.3) is 0 Å². The highest BCUT2D eigenvalue weighted by Crippen LogP contribution is 2.26. The summed E-state index contributed by atoms with van der Waals surface area (Å²) in [5.41, 5.74) is 0.292. The summed E-state index contributed by atoms with van der Waals surface area (Å²) in [5.74, 6) is -0.130. The quantitative estimate of drug-likeness (QED) is 0.850. The minimum absolute atomic E-state index is 0.0279. The molecule has 0 fully saturated rings. The van der Waals surface area contributed by atoms with E-state index in [9.17, 15) is 13.6 Å². The largest absolute Gasteiger partial charge is 0.435 e. The summed E-state index contributed by atoms with van der Waals surface area (Å²) in [6.07, 6.45) is 0. The number of carbonyl (C=O) groups is 1. The molecule has 1 amide bonds. The van der Waals surface area contributed by atoms with Crippen molar-refractivity contribution < 1.29 is 18.3 Å². The molecule has 0 radical (unpaired) electrons. The van der Waals surface area contributed by atoms with E-state index in [0.29, 0.717) is 5.56 Å². The summed E-state index contributed by atoms with van der Waals surface area (Å²) in [5, 5.41) is 4.90. The van der Waals surface area contributed by atoms with Crippen molar-refractivity contribution in [3.05, 3.63) is 52.2 Å². The van der Waals surface area contributed by atoms with Crippen LogP contribution in [-0.2, 0) is 0 Å². The normalized spacial score (nSPS) is 12.5. The number of hydrogen-bond acceptors (Lipinski definition) is 3. The molecule has 118 valence electrons. The molecule has 0 unspecified atom stereocenters. The second-order valence-electron chi connectivity index (χ2n) is 5.12. The van der Waals surface area contributed by atoms with Gasteiger partial charge in [-0.25, -0.2) is 0 Å². The third kappa shape index (κ3) is 4.27. The SMILES string of the molecule is CC(C)[C@H](NC(=O)c1cccc(OC(F)F)c1)c1cccs1. The van der Waals surface area contributed by atoms with Gasteiger partial charge in [0.1, 0.15) is 5.75 Å². The van der Waals surface area contributed by atoms with Crippen LogP contribution < -0.4 is 10.1 Å². The molecule has 0 spiro atoms. The van der Waals surface area contributed by atoms with E-state index >= 15 is 0 Å². The van der Waals surface area contributed by atoms with Gasteiger partial charge in [0.2, 0.25) is 0 Å². The van der Waals surface area contributed by atoms with Crippen molar-refractivity contribution >= 4 is 17.2 Å². The zero-order valence-electron chi connectivity index (χ0n) is 12.3. The molecule has 2 rings (SSSR count). The highest BCUT2D eigenvalue weighted by molar-refractivity contribution is 7.10. The van der Waals surface area contributed by atoms with Crippen LogP contribution in [0.2, 0.25) is 0 Å². The van der Waals surface area contributed by atoms with Gasteiger partial charge in [0.05, 0.1) is 6.04 Å². The number of hydrogen-bond donors (Lipinski definition) is 1. The van der Waals surface area contributed by atoms with E-state index in [1.165, 1.54) is 18.2 Å². The van der Waals surface area contributed by atoms with E-state index in [1.54, 1.807) is 17.4 Å². The van der Waals surface area contributed by atoms with Crippen LogP contribution in [0.4, 0.5) is 8.78 Å². The molecule has 1 N–H and O–H groups in total. The Kier molecular flexibility index (Phi) is 5.49. The van der Waals surface area contributed by atoms with Crippen LogP contribution >= 0.6 is 11.3 Å². The molecular formula is C16H17F2NO2S. The predicted molar refractivity (Wildman–Crippen MR) is 82.4 cm³/mol. The van der Waals surface area contributed by atoms with E-state index in [1.807, 2.05) is 31.4 Å². The Bertz CT molecular complexity index is 614. The predicted octanol–water partition coefficient (Wildman–Crippen LogP) is 4.48. The van der Waals surface area contributed by atoms with E-state index in [4.69, 9.17) is 0 Å². The minimum Gasteiger partial charge on any atom is -0.435 e. The maximum absolute atomic E-state index is 12.3. The molecule has 0 aliphatic heterocycles. The number of amides is 1. The van der Waals surface area contributed by atoms with Crippen LogP contribution in [0.15, 0.2) is 41.8 Å². The number of alkyl halides is 2. The molecule has 2 aromatic rings. The summed E-state index contributed by atoms with van der Waals surface area (Å²) >= 11 is 1.57. The standard InChI is InChI=1S/C16H17F2NO2S/c1-10(2)14(13-7-4-8-22-13)19-15(20)11-5-3-6-12(9-11)21-16(17)18/h3-10,14,16H,1-2H3,(H,19,20)/t14-/m0/s1. The van der Waals surface area contributed by atoms with E-state index < -0.39 is 6.61 Å². The lowest BCUT2D eigenvalue weighted by Crippen LogP contribution is -2.31. The van der Waals surface area contributed by atoms with Crippen LogP contribution in [0.5, 0.6) is 5.75 Å². The molecule has 6 heteroatoms. The lowest BCUT2D eigenvalue weighted by atomic mass is 10.0. The number of rotatable bonds is 6. The van der Waals surface area contributed by atoms with Gasteiger partial charge in [0.25, 0.3) is 5.91 Å². The molecule has 1 aromatic heterocycles. The maximum Gasteiger partial charge on any atom is 0.387 e. The molecule has 3 nitrogen and oxygen atoms in total. The van der Waals surface area contributed by atoms with Crippen molar-refractivity contribution in [2.75, 3.05) is 0 Å². The second-order valence-corrected chi connectivity index (χ2v) is 6.10. The highest BCUT2D eigenvalue weighted by Gasteiger charge is 2.20. The molecule has 1 atom stereocenters. The fourth-order valence-corrected chi connectivity index (χ4v) is 3.02. The fraction of sp³-hybridized carbons (Fsp3) is 0.312. The number of nitrogens with one attached hydrogen (secondary N) is 1. The molecule has 0 aliphatic carbocycles. The van der Waals surface area contributed by atoms with Gasteiger partial charge < -0.3 is 10.1 Å². The number of ether oxygens (including phenoxy) is 1. The molecule has 1 aromatic carbocycles. The van der Waals surface area contributed by atoms with Gasteiger partial charge in [-0.2, -0.15) is 8.78 Å². The average Bonchev–Trinajstić information content (AvgIpc) is 2.97. The van der Waals surface area contributed by atoms with Crippen LogP contribution in [0.3, 0.4) is 0 Å². The summed E-state index contributed by atoms with van der Waals surface area (Å²) in [7, 11) is 0. The van der Waals surface area contributed by atoms with E-state index in [2.05, 4.69) is 10.1 Å². The average molecular weight is 325 g/mol. The van der Waals surface area contributed by atoms with Gasteiger partial charge in [-0.1, -0.05) is 26.0 Å². The fourth-order valence-electron chi connectivity index (χ4n) is 2.07. The van der Waals surface area contributed by atoms with Crippen molar-refractivity contribution in [2.45, 2.75) is 26.5 Å². The molecule has 22 heavy (non-hydrogen) atoms. The van der Waals surface area contributed by atoms with Crippen molar-refractivity contribution in [2.24, 2.45) is 5.92 Å². The van der Waals surface area contributed by atoms with Crippen LogP contribution in [0, 0.1) is 5.92 Å². The smallest absolute Gasteiger partial charge is 0.387 e. The van der Waals surface area contributed by atoms with Crippen molar-refractivity contribution in [3.63, 3.8) is 0 Å². The molecule has 0 aliphatic rings. The number of carbonyl (C=O) groups excluding carboxylic acids is 1. The third-order valence-corrected chi connectivity index (χ3v) is 4.08. The highest BCUT2D eigenvalue weighted by atomic mass is 32.1. The Hall–Kier alpha value is -1.95. The second kappa shape index (κ2) is 7.35. The lowest BCUT2D eigenvalue weighted by molar-refractivity contribution is -0.0498. The van der Waals surface area contributed by atoms with Crippen molar-refractivity contribution in [1.29, 1.82) is 0 Å². The number of benzene rings is 1. The third-order valence-electron chi connectivity index (χ3n) is 3.12. The maximum atomic E-state index is 12.3. The summed E-state index contributed by atoms with van der Waals surface area (Å²) in [4.78, 5) is 13.4. The Morgan fingerprint density at radius 2 is 2.00 bits per heavy atom.